The number of nitrogens with zero attached hydrogens (tertiary/aromatic N) is 1. The largest absolute Gasteiger partial charge is 0.479 e. The number of carboxylic acids is 1. The summed E-state index contributed by atoms with van der Waals surface area (Å²) in [5.41, 5.74) is -0.634. The van der Waals surface area contributed by atoms with Crippen molar-refractivity contribution in [3.8, 4) is 0 Å². The van der Waals surface area contributed by atoms with E-state index in [9.17, 15) is 9.90 Å². The maximum Gasteiger partial charge on any atom is 0.337 e. The summed E-state index contributed by atoms with van der Waals surface area (Å²) in [6.45, 7) is 0.735. The van der Waals surface area contributed by atoms with E-state index in [4.69, 9.17) is 5.11 Å². The van der Waals surface area contributed by atoms with Crippen molar-refractivity contribution in [3.63, 3.8) is 0 Å². The Bertz CT molecular complexity index is 365. The van der Waals surface area contributed by atoms with Crippen molar-refractivity contribution in [2.75, 3.05) is 18.0 Å². The van der Waals surface area contributed by atoms with Crippen LogP contribution in [0, 0.1) is 0 Å². The summed E-state index contributed by atoms with van der Waals surface area (Å²) in [6.07, 6.45) is 0.275. The SMILES string of the molecule is O=C(O)C1(O)CCN(c2ccccc2)C1. The Morgan fingerprint density at radius 1 is 1.33 bits per heavy atom. The van der Waals surface area contributed by atoms with E-state index in [1.165, 1.54) is 0 Å². The summed E-state index contributed by atoms with van der Waals surface area (Å²) in [5.74, 6) is -1.14. The lowest BCUT2D eigenvalue weighted by Crippen LogP contribution is -2.41. The minimum Gasteiger partial charge on any atom is -0.479 e. The van der Waals surface area contributed by atoms with Crippen LogP contribution in [0.25, 0.3) is 0 Å². The number of hydrogen-bond donors (Lipinski definition) is 2. The van der Waals surface area contributed by atoms with Crippen molar-refractivity contribution >= 4 is 11.7 Å². The number of carbonyl (C=O) groups is 1. The van der Waals surface area contributed by atoms with Gasteiger partial charge >= 0.3 is 5.97 Å². The molecule has 2 N–H and O–H groups in total. The topological polar surface area (TPSA) is 60.8 Å². The minimum atomic E-state index is -1.59. The number of rotatable bonds is 2. The van der Waals surface area contributed by atoms with Crippen LogP contribution in [0.5, 0.6) is 0 Å². The van der Waals surface area contributed by atoms with Gasteiger partial charge in [-0.1, -0.05) is 18.2 Å². The van der Waals surface area contributed by atoms with E-state index in [2.05, 4.69) is 0 Å². The van der Waals surface area contributed by atoms with Gasteiger partial charge in [0, 0.05) is 18.7 Å². The monoisotopic (exact) mass is 207 g/mol. The summed E-state index contributed by atoms with van der Waals surface area (Å²) >= 11 is 0. The molecule has 1 aromatic carbocycles. The molecule has 1 aliphatic heterocycles. The second-order valence-corrected chi connectivity index (χ2v) is 3.84. The molecule has 0 aromatic heterocycles. The van der Waals surface area contributed by atoms with Gasteiger partial charge in [0.25, 0.3) is 0 Å². The van der Waals surface area contributed by atoms with Gasteiger partial charge in [-0.2, -0.15) is 0 Å². The number of benzene rings is 1. The van der Waals surface area contributed by atoms with Crippen molar-refractivity contribution in [2.24, 2.45) is 0 Å². The van der Waals surface area contributed by atoms with Crippen LogP contribution in [-0.2, 0) is 4.79 Å². The second-order valence-electron chi connectivity index (χ2n) is 3.84. The molecule has 4 heteroatoms. The van der Waals surface area contributed by atoms with Crippen LogP contribution < -0.4 is 4.90 Å². The zero-order valence-corrected chi connectivity index (χ0v) is 8.26. The Morgan fingerprint density at radius 2 is 2.00 bits per heavy atom. The van der Waals surface area contributed by atoms with E-state index in [-0.39, 0.29) is 13.0 Å². The zero-order valence-electron chi connectivity index (χ0n) is 8.26. The van der Waals surface area contributed by atoms with Crippen molar-refractivity contribution in [2.45, 2.75) is 12.0 Å². The molecule has 0 amide bonds. The molecule has 1 atom stereocenters. The molecule has 1 fully saturated rings. The lowest BCUT2D eigenvalue weighted by molar-refractivity contribution is -0.156. The molecule has 0 radical (unpaired) electrons. The fourth-order valence-corrected chi connectivity index (χ4v) is 1.83. The molecule has 80 valence electrons. The molecule has 0 spiro atoms. The Balaban J connectivity index is 2.14. The molecule has 0 saturated carbocycles. The molecule has 1 heterocycles. The molecular weight excluding hydrogens is 194 g/mol. The highest BCUT2D eigenvalue weighted by atomic mass is 16.4. The fraction of sp³-hybridized carbons (Fsp3) is 0.364. The van der Waals surface area contributed by atoms with Crippen LogP contribution in [0.3, 0.4) is 0 Å². The molecule has 0 aliphatic carbocycles. The standard InChI is InChI=1S/C11H13NO3/c13-10(14)11(15)6-7-12(8-11)9-4-2-1-3-5-9/h1-5,15H,6-8H2,(H,13,14). The van der Waals surface area contributed by atoms with Crippen molar-refractivity contribution in [1.82, 2.24) is 0 Å². The molecule has 1 aromatic rings. The van der Waals surface area contributed by atoms with Gasteiger partial charge in [-0.15, -0.1) is 0 Å². The average molecular weight is 207 g/mol. The van der Waals surface area contributed by atoms with Crippen LogP contribution in [0.1, 0.15) is 6.42 Å². The number of aliphatic hydroxyl groups is 1. The first-order chi connectivity index (χ1) is 7.12. The van der Waals surface area contributed by atoms with Crippen LogP contribution >= 0.6 is 0 Å². The number of carboxylic acid groups (broad SMARTS) is 1. The van der Waals surface area contributed by atoms with Gasteiger partial charge in [0.05, 0.1) is 6.54 Å². The second kappa shape index (κ2) is 3.55. The summed E-state index contributed by atoms with van der Waals surface area (Å²) in [6, 6.07) is 9.52. The van der Waals surface area contributed by atoms with Gasteiger partial charge < -0.3 is 15.1 Å². The molecule has 1 unspecified atom stereocenters. The average Bonchev–Trinajstić information content (AvgIpc) is 2.64. The number of hydrogen-bond acceptors (Lipinski definition) is 3. The summed E-state index contributed by atoms with van der Waals surface area (Å²) < 4.78 is 0. The number of aliphatic carboxylic acids is 1. The lowest BCUT2D eigenvalue weighted by atomic mass is 10.0. The van der Waals surface area contributed by atoms with Crippen LogP contribution in [-0.4, -0.2) is 34.9 Å². The van der Waals surface area contributed by atoms with Crippen LogP contribution in [0.15, 0.2) is 30.3 Å². The van der Waals surface area contributed by atoms with Gasteiger partial charge in [-0.3, -0.25) is 0 Å². The van der Waals surface area contributed by atoms with E-state index in [1.807, 2.05) is 35.2 Å². The third-order valence-electron chi connectivity index (χ3n) is 2.77. The highest BCUT2D eigenvalue weighted by molar-refractivity contribution is 5.79. The van der Waals surface area contributed by atoms with Gasteiger partial charge in [0.2, 0.25) is 0 Å². The van der Waals surface area contributed by atoms with Crippen molar-refractivity contribution in [1.29, 1.82) is 0 Å². The highest BCUT2D eigenvalue weighted by Crippen LogP contribution is 2.26. The smallest absolute Gasteiger partial charge is 0.337 e. The number of para-hydroxylation sites is 1. The Labute approximate surface area is 87.8 Å². The molecule has 15 heavy (non-hydrogen) atoms. The summed E-state index contributed by atoms with van der Waals surface area (Å²) in [7, 11) is 0. The Hall–Kier alpha value is -1.55. The van der Waals surface area contributed by atoms with E-state index in [0.29, 0.717) is 6.54 Å². The van der Waals surface area contributed by atoms with Crippen LogP contribution in [0.2, 0.25) is 0 Å². The van der Waals surface area contributed by atoms with E-state index >= 15 is 0 Å². The Morgan fingerprint density at radius 3 is 2.53 bits per heavy atom. The van der Waals surface area contributed by atoms with Gasteiger partial charge in [-0.25, -0.2) is 4.79 Å². The third-order valence-corrected chi connectivity index (χ3v) is 2.77. The number of anilines is 1. The zero-order chi connectivity index (χ0) is 10.9. The van der Waals surface area contributed by atoms with Gasteiger partial charge in [-0.05, 0) is 12.1 Å². The molecular formula is C11H13NO3. The van der Waals surface area contributed by atoms with E-state index < -0.39 is 11.6 Å². The van der Waals surface area contributed by atoms with Gasteiger partial charge in [0.1, 0.15) is 0 Å². The molecule has 1 aliphatic rings. The summed E-state index contributed by atoms with van der Waals surface area (Å²) in [4.78, 5) is 12.7. The normalized spacial score (nSPS) is 25.5. The highest BCUT2D eigenvalue weighted by Gasteiger charge is 2.42. The number of β-amino-alcohol motifs (C(OH)–C–C–N with tert-alkyl or cyclic N) is 1. The molecule has 0 bridgehead atoms. The molecule has 4 nitrogen and oxygen atoms in total. The predicted octanol–water partition coefficient (Wildman–Crippen LogP) is 0.712. The quantitative estimate of drug-likeness (QED) is 0.750. The first kappa shape index (κ1) is 9.98. The van der Waals surface area contributed by atoms with E-state index in [0.717, 1.165) is 5.69 Å². The third kappa shape index (κ3) is 1.80. The van der Waals surface area contributed by atoms with Gasteiger partial charge in [0.15, 0.2) is 5.60 Å². The summed E-state index contributed by atoms with van der Waals surface area (Å²) in [5, 5.41) is 18.6. The minimum absolute atomic E-state index is 0.159. The first-order valence-corrected chi connectivity index (χ1v) is 4.88. The molecule has 1 saturated heterocycles. The lowest BCUT2D eigenvalue weighted by Gasteiger charge is -2.20. The maximum absolute atomic E-state index is 10.8. The van der Waals surface area contributed by atoms with Crippen molar-refractivity contribution in [3.05, 3.63) is 30.3 Å². The van der Waals surface area contributed by atoms with Crippen LogP contribution in [0.4, 0.5) is 5.69 Å². The maximum atomic E-state index is 10.8. The molecule has 2 rings (SSSR count). The predicted molar refractivity (Wildman–Crippen MR) is 55.9 cm³/mol. The Kier molecular flexibility index (Phi) is 2.36. The van der Waals surface area contributed by atoms with Crippen molar-refractivity contribution < 1.29 is 15.0 Å². The first-order valence-electron chi connectivity index (χ1n) is 4.88. The fourth-order valence-electron chi connectivity index (χ4n) is 1.83. The van der Waals surface area contributed by atoms with E-state index in [1.54, 1.807) is 0 Å².